The van der Waals surface area contributed by atoms with Gasteiger partial charge in [0.05, 0.1) is 5.56 Å². The molecule has 0 unspecified atom stereocenters. The number of aryl methyl sites for hydroxylation is 1. The molecule has 2 aromatic heterocycles. The molecule has 0 aliphatic rings. The van der Waals surface area contributed by atoms with Crippen molar-refractivity contribution in [1.29, 1.82) is 0 Å². The second-order valence-corrected chi connectivity index (χ2v) is 8.72. The molecule has 1 aromatic carbocycles. The molecule has 6 nitrogen and oxygen atoms in total. The molecule has 3 rings (SSSR count). The Morgan fingerprint density at radius 3 is 2.51 bits per heavy atom. The van der Waals surface area contributed by atoms with Crippen LogP contribution in [-0.4, -0.2) is 27.9 Å². The van der Waals surface area contributed by atoms with E-state index in [9.17, 15) is 22.8 Å². The first kappa shape index (κ1) is 26.0. The molecule has 0 amide bonds. The number of hydrogen-bond donors (Lipinski definition) is 1. The van der Waals surface area contributed by atoms with Gasteiger partial charge in [0.1, 0.15) is 11.4 Å². The lowest BCUT2D eigenvalue weighted by atomic mass is 10.1. The number of Topliss-reactive ketones (excluding diaryl/α,β-unsaturated/α-hetero) is 1. The van der Waals surface area contributed by atoms with E-state index in [1.54, 1.807) is 6.07 Å². The number of pyridine rings is 1. The molecule has 9 heteroatoms. The van der Waals surface area contributed by atoms with Crippen LogP contribution in [0.3, 0.4) is 0 Å². The van der Waals surface area contributed by atoms with E-state index >= 15 is 0 Å². The van der Waals surface area contributed by atoms with E-state index in [1.165, 1.54) is 30.5 Å². The molecule has 2 heterocycles. The number of hydrogen-bond acceptors (Lipinski definition) is 5. The molecule has 186 valence electrons. The molecule has 3 aromatic rings. The number of rotatable bonds is 9. The number of nitrogens with zero attached hydrogens (tertiary/aromatic N) is 2. The highest BCUT2D eigenvalue weighted by molar-refractivity contribution is 6.01. The minimum atomic E-state index is -4.51. The van der Waals surface area contributed by atoms with Crippen LogP contribution in [0, 0.1) is 19.8 Å². The van der Waals surface area contributed by atoms with E-state index in [0.29, 0.717) is 11.5 Å². The Bertz CT molecular complexity index is 1220. The van der Waals surface area contributed by atoms with Crippen molar-refractivity contribution in [1.82, 2.24) is 9.55 Å². The zero-order chi connectivity index (χ0) is 25.8. The summed E-state index contributed by atoms with van der Waals surface area (Å²) < 4.78 is 46.4. The maximum absolute atomic E-state index is 13.0. The summed E-state index contributed by atoms with van der Waals surface area (Å²) in [7, 11) is 0. The number of alkyl halides is 3. The standard InChI is InChI=1S/C26H28F3N3O3/c1-16(2)10-12-32-17(3)13-22(18(32)4)23(33)15-35-25(34)21-9-6-11-30-24(21)31-20-8-5-7-19(14-20)26(27,28)29/h5-9,11,13-14,16H,10,12,15H2,1-4H3,(H,30,31). The highest BCUT2D eigenvalue weighted by Gasteiger charge is 2.30. The summed E-state index contributed by atoms with van der Waals surface area (Å²) in [6, 6.07) is 9.26. The van der Waals surface area contributed by atoms with E-state index in [4.69, 9.17) is 4.74 Å². The molecule has 0 radical (unpaired) electrons. The molecule has 0 aliphatic heterocycles. The Hall–Kier alpha value is -3.62. The average Bonchev–Trinajstić information content (AvgIpc) is 3.09. The fraction of sp³-hybridized carbons (Fsp3) is 0.346. The van der Waals surface area contributed by atoms with Crippen LogP contribution in [0.4, 0.5) is 24.7 Å². The van der Waals surface area contributed by atoms with Crippen LogP contribution in [0.15, 0.2) is 48.7 Å². The summed E-state index contributed by atoms with van der Waals surface area (Å²) in [5.41, 5.74) is 1.54. The van der Waals surface area contributed by atoms with E-state index in [0.717, 1.165) is 36.5 Å². The van der Waals surface area contributed by atoms with Crippen molar-refractivity contribution in [3.63, 3.8) is 0 Å². The van der Waals surface area contributed by atoms with Crippen LogP contribution >= 0.6 is 0 Å². The van der Waals surface area contributed by atoms with Gasteiger partial charge in [-0.1, -0.05) is 19.9 Å². The highest BCUT2D eigenvalue weighted by atomic mass is 19.4. The van der Waals surface area contributed by atoms with Gasteiger partial charge in [-0.3, -0.25) is 4.79 Å². The van der Waals surface area contributed by atoms with Crippen LogP contribution in [0.5, 0.6) is 0 Å². The molecule has 0 bridgehead atoms. The monoisotopic (exact) mass is 487 g/mol. The van der Waals surface area contributed by atoms with Crippen LogP contribution in [0.25, 0.3) is 0 Å². The van der Waals surface area contributed by atoms with E-state index in [2.05, 4.69) is 28.7 Å². The fourth-order valence-electron chi connectivity index (χ4n) is 3.68. The number of benzene rings is 1. The van der Waals surface area contributed by atoms with Crippen molar-refractivity contribution in [2.24, 2.45) is 5.92 Å². The second-order valence-electron chi connectivity index (χ2n) is 8.72. The maximum Gasteiger partial charge on any atom is 0.416 e. The topological polar surface area (TPSA) is 73.2 Å². The molecule has 0 fully saturated rings. The lowest BCUT2D eigenvalue weighted by Crippen LogP contribution is -2.16. The van der Waals surface area contributed by atoms with Gasteiger partial charge in [-0.15, -0.1) is 0 Å². The summed E-state index contributed by atoms with van der Waals surface area (Å²) in [6.45, 7) is 8.38. The van der Waals surface area contributed by atoms with Gasteiger partial charge in [-0.05, 0) is 62.6 Å². The molecule has 0 spiro atoms. The molecule has 0 saturated heterocycles. The Morgan fingerprint density at radius 1 is 1.09 bits per heavy atom. The smallest absolute Gasteiger partial charge is 0.416 e. The normalized spacial score (nSPS) is 11.5. The quantitative estimate of drug-likeness (QED) is 0.281. The van der Waals surface area contributed by atoms with Crippen molar-refractivity contribution in [3.8, 4) is 0 Å². The first-order valence-electron chi connectivity index (χ1n) is 11.2. The van der Waals surface area contributed by atoms with Crippen molar-refractivity contribution in [2.45, 2.75) is 46.8 Å². The third-order valence-corrected chi connectivity index (χ3v) is 5.62. The summed E-state index contributed by atoms with van der Waals surface area (Å²) in [4.78, 5) is 29.6. The molecular weight excluding hydrogens is 459 g/mol. The average molecular weight is 488 g/mol. The summed E-state index contributed by atoms with van der Waals surface area (Å²) in [6.07, 6.45) is -2.14. The van der Waals surface area contributed by atoms with Gasteiger partial charge in [0.15, 0.2) is 6.61 Å². The number of esters is 1. The highest BCUT2D eigenvalue weighted by Crippen LogP contribution is 2.31. The summed E-state index contributed by atoms with van der Waals surface area (Å²) in [5.74, 6) is -0.598. The number of carbonyl (C=O) groups excluding carboxylic acids is 2. The third kappa shape index (κ3) is 6.49. The molecule has 0 atom stereocenters. The van der Waals surface area contributed by atoms with Crippen LogP contribution < -0.4 is 5.32 Å². The minimum Gasteiger partial charge on any atom is -0.454 e. The third-order valence-electron chi connectivity index (χ3n) is 5.62. The Labute approximate surface area is 202 Å². The van der Waals surface area contributed by atoms with Gasteiger partial charge in [-0.2, -0.15) is 13.2 Å². The van der Waals surface area contributed by atoms with Gasteiger partial charge >= 0.3 is 12.1 Å². The maximum atomic E-state index is 13.0. The van der Waals surface area contributed by atoms with Crippen molar-refractivity contribution in [3.05, 3.63) is 76.7 Å². The Balaban J connectivity index is 1.71. The first-order valence-corrected chi connectivity index (χ1v) is 11.2. The molecule has 1 N–H and O–H groups in total. The number of nitrogens with one attached hydrogen (secondary N) is 1. The van der Waals surface area contributed by atoms with E-state index in [-0.39, 0.29) is 22.9 Å². The second kappa shape index (κ2) is 10.8. The lowest BCUT2D eigenvalue weighted by Gasteiger charge is -2.13. The minimum absolute atomic E-state index is 0.000109. The zero-order valence-corrected chi connectivity index (χ0v) is 20.1. The number of halogens is 3. The summed E-state index contributed by atoms with van der Waals surface area (Å²) in [5, 5.41) is 2.73. The number of ether oxygens (including phenoxy) is 1. The number of aromatic nitrogens is 2. The van der Waals surface area contributed by atoms with Crippen molar-refractivity contribution >= 4 is 23.3 Å². The first-order chi connectivity index (χ1) is 16.5. The number of ketones is 1. The molecule has 0 saturated carbocycles. The number of anilines is 2. The predicted molar refractivity (Wildman–Crippen MR) is 127 cm³/mol. The zero-order valence-electron chi connectivity index (χ0n) is 20.1. The van der Waals surface area contributed by atoms with Crippen LogP contribution in [-0.2, 0) is 17.5 Å². The van der Waals surface area contributed by atoms with Gasteiger partial charge < -0.3 is 14.6 Å². The Morgan fingerprint density at radius 2 is 1.83 bits per heavy atom. The number of carbonyl (C=O) groups is 2. The fourth-order valence-corrected chi connectivity index (χ4v) is 3.68. The van der Waals surface area contributed by atoms with Crippen LogP contribution in [0.2, 0.25) is 0 Å². The van der Waals surface area contributed by atoms with E-state index < -0.39 is 24.3 Å². The van der Waals surface area contributed by atoms with Gasteiger partial charge in [-0.25, -0.2) is 9.78 Å². The molecule has 35 heavy (non-hydrogen) atoms. The van der Waals surface area contributed by atoms with Crippen molar-refractivity contribution in [2.75, 3.05) is 11.9 Å². The van der Waals surface area contributed by atoms with Crippen molar-refractivity contribution < 1.29 is 27.5 Å². The molecular formula is C26H28F3N3O3. The Kier molecular flexibility index (Phi) is 7.99. The van der Waals surface area contributed by atoms with Gasteiger partial charge in [0.25, 0.3) is 0 Å². The van der Waals surface area contributed by atoms with Gasteiger partial charge in [0.2, 0.25) is 5.78 Å². The van der Waals surface area contributed by atoms with Crippen LogP contribution in [0.1, 0.15) is 57.9 Å². The lowest BCUT2D eigenvalue weighted by molar-refractivity contribution is -0.137. The van der Waals surface area contributed by atoms with E-state index in [1.807, 2.05) is 13.8 Å². The molecule has 0 aliphatic carbocycles. The van der Waals surface area contributed by atoms with Gasteiger partial charge in [0, 0.05) is 35.4 Å². The SMILES string of the molecule is Cc1cc(C(=O)COC(=O)c2cccnc2Nc2cccc(C(F)(F)F)c2)c(C)n1CCC(C)C. The predicted octanol–water partition coefficient (Wildman–Crippen LogP) is 6.35. The largest absolute Gasteiger partial charge is 0.454 e. The summed E-state index contributed by atoms with van der Waals surface area (Å²) >= 11 is 0.